The number of nitriles is 1. The van der Waals surface area contributed by atoms with Crippen molar-refractivity contribution in [3.8, 4) is 6.07 Å². The third-order valence-electron chi connectivity index (χ3n) is 2.99. The fourth-order valence-corrected chi connectivity index (χ4v) is 3.93. The van der Waals surface area contributed by atoms with Crippen LogP contribution in [0.4, 0.5) is 0 Å². The van der Waals surface area contributed by atoms with Crippen molar-refractivity contribution >= 4 is 9.84 Å². The van der Waals surface area contributed by atoms with Crippen molar-refractivity contribution in [2.75, 3.05) is 6.26 Å². The van der Waals surface area contributed by atoms with Gasteiger partial charge in [0, 0.05) is 12.2 Å². The molecule has 2 rings (SSSR count). The third kappa shape index (κ3) is 1.51. The van der Waals surface area contributed by atoms with Crippen LogP contribution >= 0.6 is 0 Å². The van der Waals surface area contributed by atoms with E-state index in [1.165, 1.54) is 0 Å². The van der Waals surface area contributed by atoms with Crippen LogP contribution in [-0.2, 0) is 9.84 Å². The Balaban J connectivity index is 2.43. The Hall–Kier alpha value is -1.38. The van der Waals surface area contributed by atoms with Crippen LogP contribution in [0.5, 0.6) is 0 Å². The quantitative estimate of drug-likeness (QED) is 0.806. The highest BCUT2D eigenvalue weighted by Gasteiger charge is 2.69. The molecule has 0 aromatic heterocycles. The lowest BCUT2D eigenvalue weighted by molar-refractivity contribution is 0.597. The van der Waals surface area contributed by atoms with Crippen molar-refractivity contribution in [2.45, 2.75) is 16.7 Å². The summed E-state index contributed by atoms with van der Waals surface area (Å²) in [4.78, 5) is 0. The SMILES string of the molecule is CS(=O)(=O)[C@@H]1[C@@H](c2ccccc2)[C@@]1(N)C#N. The Morgan fingerprint density at radius 1 is 1.38 bits per heavy atom. The average Bonchev–Trinajstić information content (AvgIpc) is 2.87. The molecule has 0 radical (unpaired) electrons. The van der Waals surface area contributed by atoms with Gasteiger partial charge in [0.05, 0.1) is 6.07 Å². The first-order valence-electron chi connectivity index (χ1n) is 4.85. The predicted octanol–water partition coefficient (Wildman–Crippen LogP) is 0.418. The van der Waals surface area contributed by atoms with Gasteiger partial charge in [-0.2, -0.15) is 5.26 Å². The minimum Gasteiger partial charge on any atom is -0.312 e. The van der Waals surface area contributed by atoms with Crippen LogP contribution in [-0.4, -0.2) is 25.5 Å². The molecule has 84 valence electrons. The van der Waals surface area contributed by atoms with Crippen LogP contribution in [0, 0.1) is 11.3 Å². The zero-order chi connectivity index (χ0) is 12.0. The fraction of sp³-hybridized carbons (Fsp3) is 0.364. The van der Waals surface area contributed by atoms with E-state index in [4.69, 9.17) is 11.0 Å². The largest absolute Gasteiger partial charge is 0.312 e. The second-order valence-corrected chi connectivity index (χ2v) is 6.35. The van der Waals surface area contributed by atoms with E-state index in [0.717, 1.165) is 11.8 Å². The highest BCUT2D eigenvalue weighted by atomic mass is 32.2. The molecule has 1 aliphatic rings. The first-order chi connectivity index (χ1) is 7.41. The lowest BCUT2D eigenvalue weighted by Crippen LogP contribution is -2.28. The van der Waals surface area contributed by atoms with Crippen molar-refractivity contribution in [2.24, 2.45) is 5.73 Å². The Morgan fingerprint density at radius 2 is 1.94 bits per heavy atom. The standard InChI is InChI=1S/C11H12N2O2S/c1-16(14,15)10-9(11(10,13)7-12)8-5-3-2-4-6-8/h2-6,9-10H,13H2,1H3/t9-,10-,11+/m1/s1. The molecule has 1 aliphatic carbocycles. The summed E-state index contributed by atoms with van der Waals surface area (Å²) in [6, 6.07) is 11.0. The maximum Gasteiger partial charge on any atom is 0.153 e. The summed E-state index contributed by atoms with van der Waals surface area (Å²) in [5.41, 5.74) is 5.35. The second-order valence-electron chi connectivity index (χ2n) is 4.18. The maximum atomic E-state index is 11.5. The van der Waals surface area contributed by atoms with Crippen LogP contribution in [0.25, 0.3) is 0 Å². The van der Waals surface area contributed by atoms with Crippen LogP contribution in [0.15, 0.2) is 30.3 Å². The fourth-order valence-electron chi connectivity index (χ4n) is 2.22. The van der Waals surface area contributed by atoms with Gasteiger partial charge in [-0.1, -0.05) is 30.3 Å². The van der Waals surface area contributed by atoms with Crippen molar-refractivity contribution in [1.29, 1.82) is 5.26 Å². The first kappa shape index (κ1) is 11.1. The highest BCUT2D eigenvalue weighted by Crippen LogP contribution is 2.53. The Morgan fingerprint density at radius 3 is 2.31 bits per heavy atom. The molecule has 3 atom stereocenters. The smallest absolute Gasteiger partial charge is 0.153 e. The Kier molecular flexibility index (Phi) is 2.30. The van der Waals surface area contributed by atoms with E-state index >= 15 is 0 Å². The summed E-state index contributed by atoms with van der Waals surface area (Å²) in [6.45, 7) is 0. The molecule has 1 aromatic rings. The molecule has 5 heteroatoms. The van der Waals surface area contributed by atoms with E-state index < -0.39 is 26.5 Å². The molecule has 1 fully saturated rings. The molecule has 0 saturated heterocycles. The number of hydrogen-bond donors (Lipinski definition) is 1. The van der Waals surface area contributed by atoms with E-state index in [-0.39, 0.29) is 0 Å². The zero-order valence-electron chi connectivity index (χ0n) is 8.79. The number of nitrogens with two attached hydrogens (primary N) is 1. The van der Waals surface area contributed by atoms with Gasteiger partial charge >= 0.3 is 0 Å². The summed E-state index contributed by atoms with van der Waals surface area (Å²) in [7, 11) is -3.29. The molecule has 1 aromatic carbocycles. The Labute approximate surface area is 94.6 Å². The topological polar surface area (TPSA) is 83.9 Å². The van der Waals surface area contributed by atoms with Crippen LogP contribution < -0.4 is 5.73 Å². The minimum atomic E-state index is -3.29. The van der Waals surface area contributed by atoms with Gasteiger partial charge < -0.3 is 5.73 Å². The van der Waals surface area contributed by atoms with Gasteiger partial charge in [0.25, 0.3) is 0 Å². The molecular weight excluding hydrogens is 224 g/mol. The minimum absolute atomic E-state index is 0.409. The summed E-state index contributed by atoms with van der Waals surface area (Å²) in [6.07, 6.45) is 1.12. The van der Waals surface area contributed by atoms with E-state index in [1.54, 1.807) is 12.1 Å². The molecule has 2 N–H and O–H groups in total. The lowest BCUT2D eigenvalue weighted by atomic mass is 10.1. The summed E-state index contributed by atoms with van der Waals surface area (Å²) < 4.78 is 23.0. The van der Waals surface area contributed by atoms with Gasteiger partial charge in [0.2, 0.25) is 0 Å². The first-order valence-corrected chi connectivity index (χ1v) is 6.80. The molecule has 0 amide bonds. The molecular formula is C11H12N2O2S. The molecule has 0 heterocycles. The lowest BCUT2D eigenvalue weighted by Gasteiger charge is -1.99. The molecule has 0 bridgehead atoms. The van der Waals surface area contributed by atoms with E-state index in [2.05, 4.69) is 0 Å². The number of benzene rings is 1. The normalized spacial score (nSPS) is 33.1. The Bertz CT molecular complexity index is 547. The number of rotatable bonds is 2. The van der Waals surface area contributed by atoms with Gasteiger partial charge in [-0.05, 0) is 5.56 Å². The van der Waals surface area contributed by atoms with Crippen LogP contribution in [0.3, 0.4) is 0 Å². The number of hydrogen-bond acceptors (Lipinski definition) is 4. The average molecular weight is 236 g/mol. The maximum absolute atomic E-state index is 11.5. The predicted molar refractivity (Wildman–Crippen MR) is 60.3 cm³/mol. The summed E-state index contributed by atoms with van der Waals surface area (Å²) in [5, 5.41) is 8.21. The van der Waals surface area contributed by atoms with Crippen LogP contribution in [0.1, 0.15) is 11.5 Å². The molecule has 0 aliphatic heterocycles. The summed E-state index contributed by atoms with van der Waals surface area (Å²) >= 11 is 0. The number of nitrogens with zero attached hydrogens (tertiary/aromatic N) is 1. The summed E-state index contributed by atoms with van der Waals surface area (Å²) in [5.74, 6) is -0.409. The van der Waals surface area contributed by atoms with Gasteiger partial charge in [-0.25, -0.2) is 8.42 Å². The van der Waals surface area contributed by atoms with Crippen molar-refractivity contribution in [3.63, 3.8) is 0 Å². The van der Waals surface area contributed by atoms with Crippen LogP contribution in [0.2, 0.25) is 0 Å². The monoisotopic (exact) mass is 236 g/mol. The molecule has 16 heavy (non-hydrogen) atoms. The van der Waals surface area contributed by atoms with E-state index in [9.17, 15) is 8.42 Å². The third-order valence-corrected chi connectivity index (χ3v) is 4.58. The van der Waals surface area contributed by atoms with Gasteiger partial charge in [-0.3, -0.25) is 0 Å². The van der Waals surface area contributed by atoms with Crippen molar-refractivity contribution < 1.29 is 8.42 Å². The molecule has 0 unspecified atom stereocenters. The van der Waals surface area contributed by atoms with E-state index in [0.29, 0.717) is 0 Å². The molecule has 4 nitrogen and oxygen atoms in total. The highest BCUT2D eigenvalue weighted by molar-refractivity contribution is 7.91. The van der Waals surface area contributed by atoms with Gasteiger partial charge in [0.15, 0.2) is 9.84 Å². The van der Waals surface area contributed by atoms with Gasteiger partial charge in [-0.15, -0.1) is 0 Å². The van der Waals surface area contributed by atoms with Gasteiger partial charge in [0.1, 0.15) is 10.8 Å². The molecule has 0 spiro atoms. The number of sulfone groups is 1. The van der Waals surface area contributed by atoms with Crippen molar-refractivity contribution in [3.05, 3.63) is 35.9 Å². The van der Waals surface area contributed by atoms with E-state index in [1.807, 2.05) is 24.3 Å². The zero-order valence-corrected chi connectivity index (χ0v) is 9.61. The van der Waals surface area contributed by atoms with Crippen molar-refractivity contribution in [1.82, 2.24) is 0 Å². The molecule has 1 saturated carbocycles. The second kappa shape index (κ2) is 3.30.